The van der Waals surface area contributed by atoms with Gasteiger partial charge in [-0.1, -0.05) is 18.2 Å². The molecule has 7 nitrogen and oxygen atoms in total. The third-order valence-corrected chi connectivity index (χ3v) is 5.17. The fraction of sp³-hybridized carbons (Fsp3) is 0.150. The van der Waals surface area contributed by atoms with Gasteiger partial charge in [0, 0.05) is 30.4 Å². The van der Waals surface area contributed by atoms with Crippen LogP contribution in [0.5, 0.6) is 5.75 Å². The van der Waals surface area contributed by atoms with Gasteiger partial charge in [0.25, 0.3) is 5.91 Å². The second-order valence-corrected chi connectivity index (χ2v) is 6.92. The monoisotopic (exact) mass is 394 g/mol. The van der Waals surface area contributed by atoms with Crippen molar-refractivity contribution in [3.05, 3.63) is 77.5 Å². The number of nitrogens with zero attached hydrogens (tertiary/aromatic N) is 3. The van der Waals surface area contributed by atoms with Crippen molar-refractivity contribution in [1.82, 2.24) is 19.9 Å². The summed E-state index contributed by atoms with van der Waals surface area (Å²) < 4.78 is 12.7. The number of aryl methyl sites for hydroxylation is 1. The first-order valence-corrected chi connectivity index (χ1v) is 9.45. The summed E-state index contributed by atoms with van der Waals surface area (Å²) in [5.41, 5.74) is 1.14. The van der Waals surface area contributed by atoms with Crippen molar-refractivity contribution in [2.45, 2.75) is 6.04 Å². The fourth-order valence-electron chi connectivity index (χ4n) is 2.94. The predicted molar refractivity (Wildman–Crippen MR) is 105 cm³/mol. The average molecular weight is 394 g/mol. The van der Waals surface area contributed by atoms with Crippen molar-refractivity contribution in [3.63, 3.8) is 0 Å². The molecule has 0 bridgehead atoms. The van der Waals surface area contributed by atoms with E-state index in [0.29, 0.717) is 28.0 Å². The van der Waals surface area contributed by atoms with Gasteiger partial charge in [0.1, 0.15) is 23.3 Å². The number of hydrogen-bond donors (Lipinski definition) is 1. The molecular formula is C20H18N4O3S. The van der Waals surface area contributed by atoms with E-state index in [9.17, 15) is 4.79 Å². The first-order valence-electron chi connectivity index (χ1n) is 8.57. The first-order chi connectivity index (χ1) is 13.7. The Hall–Kier alpha value is -3.39. The number of aromatic nitrogens is 3. The number of ether oxygens (including phenoxy) is 1. The van der Waals surface area contributed by atoms with E-state index in [4.69, 9.17) is 9.15 Å². The van der Waals surface area contributed by atoms with Crippen molar-refractivity contribution >= 4 is 17.2 Å². The minimum absolute atomic E-state index is 0.298. The number of carbonyl (C=O) groups is 1. The predicted octanol–water partition coefficient (Wildman–Crippen LogP) is 3.66. The Morgan fingerprint density at radius 2 is 2.14 bits per heavy atom. The van der Waals surface area contributed by atoms with Crippen LogP contribution in [0.2, 0.25) is 0 Å². The highest BCUT2D eigenvalue weighted by atomic mass is 32.1. The zero-order valence-electron chi connectivity index (χ0n) is 15.3. The summed E-state index contributed by atoms with van der Waals surface area (Å²) in [6.45, 7) is 0. The van der Waals surface area contributed by atoms with Crippen molar-refractivity contribution in [1.29, 1.82) is 0 Å². The number of amides is 1. The lowest BCUT2D eigenvalue weighted by molar-refractivity contribution is 0.0936. The summed E-state index contributed by atoms with van der Waals surface area (Å²) in [6.07, 6.45) is 5.11. The number of furan rings is 1. The number of para-hydroxylation sites is 1. The number of carbonyl (C=O) groups excluding carboxylic acids is 1. The first kappa shape index (κ1) is 18.0. The molecule has 1 N–H and O–H groups in total. The largest absolute Gasteiger partial charge is 0.496 e. The third-order valence-electron chi connectivity index (χ3n) is 4.31. The lowest BCUT2D eigenvalue weighted by Crippen LogP contribution is -2.31. The Kier molecular flexibility index (Phi) is 4.94. The quantitative estimate of drug-likeness (QED) is 0.540. The topological polar surface area (TPSA) is 82.2 Å². The molecule has 1 atom stereocenters. The number of benzene rings is 1. The minimum Gasteiger partial charge on any atom is -0.496 e. The number of thiazole rings is 1. The summed E-state index contributed by atoms with van der Waals surface area (Å²) in [5, 5.41) is 5.40. The van der Waals surface area contributed by atoms with Gasteiger partial charge >= 0.3 is 0 Å². The number of hydrogen-bond acceptors (Lipinski definition) is 6. The summed E-state index contributed by atoms with van der Waals surface area (Å²) in [4.78, 5) is 21.8. The molecule has 0 radical (unpaired) electrons. The maximum Gasteiger partial charge on any atom is 0.271 e. The molecule has 0 saturated carbocycles. The van der Waals surface area contributed by atoms with E-state index in [1.807, 2.05) is 48.1 Å². The van der Waals surface area contributed by atoms with Gasteiger partial charge in [0.05, 0.1) is 13.4 Å². The van der Waals surface area contributed by atoms with Crippen molar-refractivity contribution < 1.29 is 13.9 Å². The molecule has 28 heavy (non-hydrogen) atoms. The maximum absolute atomic E-state index is 12.9. The third kappa shape index (κ3) is 3.41. The van der Waals surface area contributed by atoms with E-state index in [0.717, 1.165) is 5.56 Å². The summed E-state index contributed by atoms with van der Waals surface area (Å²) in [6, 6.07) is 10.7. The number of nitrogens with one attached hydrogen (secondary N) is 1. The summed E-state index contributed by atoms with van der Waals surface area (Å²) >= 11 is 1.36. The van der Waals surface area contributed by atoms with E-state index in [1.54, 1.807) is 31.0 Å². The molecular weight excluding hydrogens is 376 g/mol. The molecule has 1 aromatic carbocycles. The van der Waals surface area contributed by atoms with Gasteiger partial charge in [0.2, 0.25) is 0 Å². The maximum atomic E-state index is 12.9. The van der Waals surface area contributed by atoms with Crippen LogP contribution in [0.1, 0.15) is 27.9 Å². The van der Waals surface area contributed by atoms with E-state index in [2.05, 4.69) is 15.3 Å². The van der Waals surface area contributed by atoms with Crippen LogP contribution in [0.25, 0.3) is 10.8 Å². The molecule has 1 amide bonds. The van der Waals surface area contributed by atoms with Gasteiger partial charge in [-0.05, 0) is 18.2 Å². The Morgan fingerprint density at radius 1 is 1.29 bits per heavy atom. The molecule has 4 rings (SSSR count). The fourth-order valence-corrected chi connectivity index (χ4v) is 3.70. The second-order valence-electron chi connectivity index (χ2n) is 6.06. The van der Waals surface area contributed by atoms with Crippen molar-refractivity contribution in [2.24, 2.45) is 7.05 Å². The molecule has 0 unspecified atom stereocenters. The zero-order chi connectivity index (χ0) is 19.5. The smallest absolute Gasteiger partial charge is 0.271 e. The highest BCUT2D eigenvalue weighted by Crippen LogP contribution is 2.30. The number of rotatable bonds is 6. The Bertz CT molecular complexity index is 1080. The lowest BCUT2D eigenvalue weighted by atomic mass is 10.0. The van der Waals surface area contributed by atoms with Crippen LogP contribution in [0.3, 0.4) is 0 Å². The van der Waals surface area contributed by atoms with Crippen LogP contribution in [-0.2, 0) is 7.05 Å². The van der Waals surface area contributed by atoms with Gasteiger partial charge in [0.15, 0.2) is 10.8 Å². The molecule has 0 saturated heterocycles. The van der Waals surface area contributed by atoms with E-state index >= 15 is 0 Å². The molecule has 0 aliphatic heterocycles. The van der Waals surface area contributed by atoms with Crippen molar-refractivity contribution in [2.75, 3.05) is 7.11 Å². The molecule has 3 heterocycles. The van der Waals surface area contributed by atoms with Gasteiger partial charge < -0.3 is 19.0 Å². The van der Waals surface area contributed by atoms with Crippen molar-refractivity contribution in [3.8, 4) is 16.5 Å². The molecule has 0 aliphatic carbocycles. The number of methoxy groups -OCH3 is 1. The molecule has 4 aromatic rings. The normalized spacial score (nSPS) is 11.9. The lowest BCUT2D eigenvalue weighted by Gasteiger charge is -2.20. The highest BCUT2D eigenvalue weighted by molar-refractivity contribution is 7.13. The molecule has 3 aromatic heterocycles. The molecule has 0 spiro atoms. The van der Waals surface area contributed by atoms with Crippen LogP contribution in [0.4, 0.5) is 0 Å². The van der Waals surface area contributed by atoms with E-state index in [-0.39, 0.29) is 5.91 Å². The van der Waals surface area contributed by atoms with E-state index < -0.39 is 6.04 Å². The van der Waals surface area contributed by atoms with Gasteiger partial charge in [-0.15, -0.1) is 11.3 Å². The molecule has 0 fully saturated rings. The van der Waals surface area contributed by atoms with Crippen LogP contribution in [-0.4, -0.2) is 27.6 Å². The summed E-state index contributed by atoms with van der Waals surface area (Å²) in [7, 11) is 3.49. The molecule has 142 valence electrons. The van der Waals surface area contributed by atoms with Crippen LogP contribution < -0.4 is 10.1 Å². The van der Waals surface area contributed by atoms with Gasteiger partial charge in [-0.3, -0.25) is 4.79 Å². The Balaban J connectivity index is 1.66. The van der Waals surface area contributed by atoms with Crippen LogP contribution in [0, 0.1) is 0 Å². The molecule has 8 heteroatoms. The Morgan fingerprint density at radius 3 is 2.86 bits per heavy atom. The van der Waals surface area contributed by atoms with Crippen LogP contribution in [0.15, 0.2) is 64.9 Å². The minimum atomic E-state index is -0.489. The summed E-state index contributed by atoms with van der Waals surface area (Å²) in [5.74, 6) is 1.70. The standard InChI is InChI=1S/C20H18N4O3S/c1-24-10-9-21-18(24)17(13-6-3-4-7-15(13)26-2)23-19(25)14-12-28-20(22-14)16-8-5-11-27-16/h3-12,17H,1-2H3,(H,23,25)/t17-/m0/s1. The van der Waals surface area contributed by atoms with Gasteiger partial charge in [-0.2, -0.15) is 0 Å². The van der Waals surface area contributed by atoms with Crippen LogP contribution >= 0.6 is 11.3 Å². The van der Waals surface area contributed by atoms with E-state index in [1.165, 1.54) is 11.3 Å². The highest BCUT2D eigenvalue weighted by Gasteiger charge is 2.25. The average Bonchev–Trinajstić information content (AvgIpc) is 3.47. The molecule has 0 aliphatic rings. The second kappa shape index (κ2) is 7.69. The Labute approximate surface area is 165 Å². The number of imidazole rings is 1. The van der Waals surface area contributed by atoms with Gasteiger partial charge in [-0.25, -0.2) is 9.97 Å². The SMILES string of the molecule is COc1ccccc1[C@H](NC(=O)c1csc(-c2ccco2)n1)c1nccn1C. The zero-order valence-corrected chi connectivity index (χ0v) is 16.1.